The number of rotatable bonds is 3. The first-order valence-corrected chi connectivity index (χ1v) is 8.00. The van der Waals surface area contributed by atoms with Gasteiger partial charge >= 0.3 is 0 Å². The lowest BCUT2D eigenvalue weighted by atomic mass is 10.0. The van der Waals surface area contributed by atoms with Crippen LogP contribution in [0.1, 0.15) is 12.0 Å². The van der Waals surface area contributed by atoms with Crippen molar-refractivity contribution in [3.8, 4) is 0 Å². The molecule has 124 valence electrons. The number of ether oxygens (including phenoxy) is 1. The first kappa shape index (κ1) is 15.0. The zero-order valence-corrected chi connectivity index (χ0v) is 13.1. The van der Waals surface area contributed by atoms with E-state index in [4.69, 9.17) is 10.5 Å². The van der Waals surface area contributed by atoms with Gasteiger partial charge in [0.1, 0.15) is 5.82 Å². The van der Waals surface area contributed by atoms with Crippen molar-refractivity contribution in [3.63, 3.8) is 0 Å². The van der Waals surface area contributed by atoms with Gasteiger partial charge in [-0.1, -0.05) is 6.07 Å². The number of allylic oxidation sites excluding steroid dienone is 1. The highest BCUT2D eigenvalue weighted by molar-refractivity contribution is 5.95. The summed E-state index contributed by atoms with van der Waals surface area (Å²) in [6, 6.07) is 5.79. The summed E-state index contributed by atoms with van der Waals surface area (Å²) in [5.41, 5.74) is 8.86. The Bertz CT molecular complexity index is 833. The zero-order valence-electron chi connectivity index (χ0n) is 13.1. The highest BCUT2D eigenvalue weighted by Crippen LogP contribution is 2.27. The molecule has 3 heterocycles. The van der Waals surface area contributed by atoms with Crippen molar-refractivity contribution in [2.75, 3.05) is 30.8 Å². The van der Waals surface area contributed by atoms with Gasteiger partial charge in [0.05, 0.1) is 30.8 Å². The van der Waals surface area contributed by atoms with Gasteiger partial charge in [0, 0.05) is 18.2 Å². The second-order valence-electron chi connectivity index (χ2n) is 6.03. The fraction of sp³-hybridized carbons (Fsp3) is 0.353. The monoisotopic (exact) mass is 325 g/mol. The molecule has 2 aromatic rings. The van der Waals surface area contributed by atoms with E-state index in [1.54, 1.807) is 0 Å². The van der Waals surface area contributed by atoms with Gasteiger partial charge in [-0.15, -0.1) is 0 Å². The summed E-state index contributed by atoms with van der Waals surface area (Å²) in [4.78, 5) is 12.9. The van der Waals surface area contributed by atoms with Crippen molar-refractivity contribution < 1.29 is 9.84 Å². The predicted octanol–water partition coefficient (Wildman–Crippen LogP) is 1.24. The van der Waals surface area contributed by atoms with Gasteiger partial charge in [-0.2, -0.15) is 4.98 Å². The molecule has 0 saturated carbocycles. The third kappa shape index (κ3) is 2.83. The molecule has 0 radical (unpaired) electrons. The van der Waals surface area contributed by atoms with Crippen LogP contribution in [0.15, 0.2) is 29.3 Å². The SMILES string of the molecule is Nc1nc(N[C@H]2COCC[C@@H]2O)c2ccc(C3=CC=NC3)cc2n1. The number of aliphatic hydroxyl groups excluding tert-OH is 1. The maximum Gasteiger partial charge on any atom is 0.222 e. The van der Waals surface area contributed by atoms with Crippen LogP contribution in [0.3, 0.4) is 0 Å². The van der Waals surface area contributed by atoms with E-state index in [9.17, 15) is 5.11 Å². The van der Waals surface area contributed by atoms with Crippen LogP contribution in [0.2, 0.25) is 0 Å². The quantitative estimate of drug-likeness (QED) is 0.784. The van der Waals surface area contributed by atoms with Crippen LogP contribution in [-0.4, -0.2) is 53.2 Å². The van der Waals surface area contributed by atoms with Crippen LogP contribution >= 0.6 is 0 Å². The van der Waals surface area contributed by atoms with E-state index in [1.807, 2.05) is 30.5 Å². The summed E-state index contributed by atoms with van der Waals surface area (Å²) >= 11 is 0. The molecule has 2 aliphatic heterocycles. The second kappa shape index (κ2) is 6.18. The molecule has 1 saturated heterocycles. The van der Waals surface area contributed by atoms with E-state index in [2.05, 4.69) is 20.3 Å². The number of nitrogen functional groups attached to an aromatic ring is 1. The van der Waals surface area contributed by atoms with E-state index >= 15 is 0 Å². The first-order valence-electron chi connectivity index (χ1n) is 8.00. The molecular formula is C17H19N5O2. The largest absolute Gasteiger partial charge is 0.391 e. The Morgan fingerprint density at radius 1 is 1.29 bits per heavy atom. The summed E-state index contributed by atoms with van der Waals surface area (Å²) < 4.78 is 5.44. The van der Waals surface area contributed by atoms with Crippen LogP contribution in [0.5, 0.6) is 0 Å². The number of hydrogen-bond acceptors (Lipinski definition) is 7. The van der Waals surface area contributed by atoms with Crippen molar-refractivity contribution in [1.29, 1.82) is 0 Å². The number of hydrogen-bond donors (Lipinski definition) is 3. The number of nitrogens with one attached hydrogen (secondary N) is 1. The molecular weight excluding hydrogens is 306 g/mol. The average Bonchev–Trinajstić information content (AvgIpc) is 3.11. The lowest BCUT2D eigenvalue weighted by Gasteiger charge is -2.29. The number of nitrogens with two attached hydrogens (primary N) is 1. The lowest BCUT2D eigenvalue weighted by Crippen LogP contribution is -2.42. The molecule has 0 spiro atoms. The van der Waals surface area contributed by atoms with Crippen molar-refractivity contribution in [2.45, 2.75) is 18.6 Å². The molecule has 4 N–H and O–H groups in total. The fourth-order valence-corrected chi connectivity index (χ4v) is 3.03. The molecule has 7 heteroatoms. The Labute approximate surface area is 139 Å². The zero-order chi connectivity index (χ0) is 16.5. The number of nitrogens with zero attached hydrogens (tertiary/aromatic N) is 3. The van der Waals surface area contributed by atoms with Crippen LogP contribution in [0, 0.1) is 0 Å². The van der Waals surface area contributed by atoms with Gasteiger partial charge in [0.25, 0.3) is 0 Å². The molecule has 0 bridgehead atoms. The highest BCUT2D eigenvalue weighted by atomic mass is 16.5. The number of benzene rings is 1. The third-order valence-electron chi connectivity index (χ3n) is 4.37. The topological polar surface area (TPSA) is 106 Å². The Morgan fingerprint density at radius 3 is 3.00 bits per heavy atom. The summed E-state index contributed by atoms with van der Waals surface area (Å²) in [5, 5.41) is 14.2. The van der Waals surface area contributed by atoms with Gasteiger partial charge in [-0.3, -0.25) is 4.99 Å². The van der Waals surface area contributed by atoms with Gasteiger partial charge < -0.3 is 20.9 Å². The Hall–Kier alpha value is -2.51. The summed E-state index contributed by atoms with van der Waals surface area (Å²) in [6.07, 6.45) is 3.95. The smallest absolute Gasteiger partial charge is 0.222 e. The predicted molar refractivity (Wildman–Crippen MR) is 94.1 cm³/mol. The number of fused-ring (bicyclic) bond motifs is 1. The van der Waals surface area contributed by atoms with Gasteiger partial charge in [0.15, 0.2) is 0 Å². The summed E-state index contributed by atoms with van der Waals surface area (Å²) in [6.45, 7) is 1.70. The van der Waals surface area contributed by atoms with Crippen LogP contribution < -0.4 is 11.1 Å². The van der Waals surface area contributed by atoms with Crippen molar-refractivity contribution in [2.24, 2.45) is 4.99 Å². The minimum Gasteiger partial charge on any atom is -0.391 e. The Balaban J connectivity index is 1.70. The molecule has 1 fully saturated rings. The maximum atomic E-state index is 10.1. The Morgan fingerprint density at radius 2 is 2.21 bits per heavy atom. The van der Waals surface area contributed by atoms with E-state index in [0.717, 1.165) is 22.0 Å². The van der Waals surface area contributed by atoms with Gasteiger partial charge in [-0.25, -0.2) is 4.98 Å². The van der Waals surface area contributed by atoms with E-state index in [-0.39, 0.29) is 12.0 Å². The molecule has 7 nitrogen and oxygen atoms in total. The van der Waals surface area contributed by atoms with E-state index < -0.39 is 6.10 Å². The standard InChI is InChI=1S/C17H19N5O2/c18-17-21-13-7-10(11-3-5-19-8-11)1-2-12(13)16(22-17)20-14-9-24-6-4-15(14)23/h1-3,5,7,14-15,23H,4,6,8-9H2,(H3,18,20,21,22)/t14-,15-/m0/s1. The molecule has 4 rings (SSSR count). The molecule has 2 atom stereocenters. The van der Waals surface area contributed by atoms with Crippen molar-refractivity contribution in [3.05, 3.63) is 29.8 Å². The maximum absolute atomic E-state index is 10.1. The molecule has 0 amide bonds. The summed E-state index contributed by atoms with van der Waals surface area (Å²) in [5.74, 6) is 0.820. The molecule has 1 aromatic heterocycles. The molecule has 2 aliphatic rings. The number of anilines is 2. The van der Waals surface area contributed by atoms with E-state index in [1.165, 1.54) is 0 Å². The summed E-state index contributed by atoms with van der Waals surface area (Å²) in [7, 11) is 0. The molecule has 0 aliphatic carbocycles. The molecule has 24 heavy (non-hydrogen) atoms. The van der Waals surface area contributed by atoms with Crippen molar-refractivity contribution in [1.82, 2.24) is 9.97 Å². The van der Waals surface area contributed by atoms with Crippen LogP contribution in [-0.2, 0) is 4.74 Å². The lowest BCUT2D eigenvalue weighted by molar-refractivity contribution is 0.00309. The highest BCUT2D eigenvalue weighted by Gasteiger charge is 2.24. The Kier molecular flexibility index (Phi) is 3.87. The number of aliphatic hydroxyl groups is 1. The van der Waals surface area contributed by atoms with Gasteiger partial charge in [0.2, 0.25) is 5.95 Å². The van der Waals surface area contributed by atoms with E-state index in [0.29, 0.717) is 32.0 Å². The van der Waals surface area contributed by atoms with Gasteiger partial charge in [-0.05, 0) is 35.8 Å². The normalized spacial score (nSPS) is 23.5. The first-order chi connectivity index (χ1) is 11.7. The van der Waals surface area contributed by atoms with Crippen LogP contribution in [0.4, 0.5) is 11.8 Å². The van der Waals surface area contributed by atoms with Crippen molar-refractivity contribution >= 4 is 34.5 Å². The minimum atomic E-state index is -0.468. The minimum absolute atomic E-state index is 0.199. The molecule has 0 unspecified atom stereocenters. The fourth-order valence-electron chi connectivity index (χ4n) is 3.03. The third-order valence-corrected chi connectivity index (χ3v) is 4.37. The second-order valence-corrected chi connectivity index (χ2v) is 6.03. The molecule has 1 aromatic carbocycles. The van der Waals surface area contributed by atoms with Crippen LogP contribution in [0.25, 0.3) is 16.5 Å². The average molecular weight is 325 g/mol. The number of aliphatic imine (C=N–C) groups is 1. The number of aromatic nitrogens is 2.